The van der Waals surface area contributed by atoms with Crippen molar-refractivity contribution in [3.05, 3.63) is 46.5 Å². The highest BCUT2D eigenvalue weighted by atomic mass is 32.1. The van der Waals surface area contributed by atoms with Crippen LogP contribution in [-0.4, -0.2) is 5.21 Å². The van der Waals surface area contributed by atoms with E-state index >= 15 is 0 Å². The lowest BCUT2D eigenvalue weighted by atomic mass is 10.2. The maximum absolute atomic E-state index is 10.9. The summed E-state index contributed by atoms with van der Waals surface area (Å²) in [5, 5.41) is 33.9. The van der Waals surface area contributed by atoms with Gasteiger partial charge in [0, 0.05) is 0 Å². The minimum absolute atomic E-state index is 0.102. The van der Waals surface area contributed by atoms with Crippen LogP contribution in [0.25, 0.3) is 0 Å². The number of nitrogens with zero attached hydrogens (tertiary/aromatic N) is 2. The molecule has 6 heteroatoms. The molecule has 0 aliphatic carbocycles. The fraction of sp³-hybridized carbons (Fsp3) is 0. The van der Waals surface area contributed by atoms with Gasteiger partial charge in [0.2, 0.25) is 0 Å². The Kier molecular flexibility index (Phi) is 3.25. The Labute approximate surface area is 102 Å². The molecule has 1 aromatic heterocycles. The van der Waals surface area contributed by atoms with Crippen LogP contribution in [0.1, 0.15) is 5.56 Å². The van der Waals surface area contributed by atoms with Gasteiger partial charge in [-0.25, -0.2) is 0 Å². The average Bonchev–Trinajstić information content (AvgIpc) is 2.77. The lowest BCUT2D eigenvalue weighted by molar-refractivity contribution is 0.297. The van der Waals surface area contributed by atoms with Crippen LogP contribution in [0.2, 0.25) is 0 Å². The van der Waals surface area contributed by atoms with E-state index in [2.05, 4.69) is 5.32 Å². The Morgan fingerprint density at radius 2 is 2.12 bits per heavy atom. The molecule has 2 aromatic rings. The van der Waals surface area contributed by atoms with Gasteiger partial charge in [-0.3, -0.25) is 5.21 Å². The van der Waals surface area contributed by atoms with Crippen LogP contribution in [0, 0.1) is 16.5 Å². The zero-order valence-electron chi connectivity index (χ0n) is 8.62. The van der Waals surface area contributed by atoms with Gasteiger partial charge in [-0.05, 0) is 23.6 Å². The number of anilines is 3. The molecule has 0 bridgehead atoms. The third-order valence-electron chi connectivity index (χ3n) is 2.14. The van der Waals surface area contributed by atoms with Gasteiger partial charge >= 0.3 is 0 Å². The van der Waals surface area contributed by atoms with Crippen molar-refractivity contribution in [1.29, 1.82) is 5.26 Å². The molecule has 2 rings (SSSR count). The molecular formula is C11H8N3O2S-. The van der Waals surface area contributed by atoms with Crippen LogP contribution >= 0.6 is 11.3 Å². The lowest BCUT2D eigenvalue weighted by Gasteiger charge is -2.24. The Morgan fingerprint density at radius 3 is 2.82 bits per heavy atom. The zero-order chi connectivity index (χ0) is 12.3. The summed E-state index contributed by atoms with van der Waals surface area (Å²) < 4.78 is 0. The minimum atomic E-state index is -0.206. The summed E-state index contributed by atoms with van der Waals surface area (Å²) in [6.45, 7) is 0. The molecule has 0 saturated carbocycles. The van der Waals surface area contributed by atoms with Gasteiger partial charge < -0.3 is 15.8 Å². The number of nitriles is 1. The monoisotopic (exact) mass is 246 g/mol. The van der Waals surface area contributed by atoms with Gasteiger partial charge in [0.25, 0.3) is 0 Å². The summed E-state index contributed by atoms with van der Waals surface area (Å²) in [6, 6.07) is 10.2. The first kappa shape index (κ1) is 11.4. The van der Waals surface area contributed by atoms with E-state index in [-0.39, 0.29) is 10.9 Å². The molecule has 5 nitrogen and oxygen atoms in total. The van der Waals surface area contributed by atoms with Gasteiger partial charge in [0.05, 0.1) is 16.9 Å². The third kappa shape index (κ3) is 2.37. The average molecular weight is 246 g/mol. The summed E-state index contributed by atoms with van der Waals surface area (Å²) in [4.78, 5) is 0. The van der Waals surface area contributed by atoms with E-state index in [1.54, 1.807) is 29.6 Å². The van der Waals surface area contributed by atoms with Gasteiger partial charge in [0.15, 0.2) is 0 Å². The maximum Gasteiger partial charge on any atom is 0.111 e. The fourth-order valence-corrected chi connectivity index (χ4v) is 2.11. The molecule has 0 radical (unpaired) electrons. The molecule has 86 valence electrons. The smallest absolute Gasteiger partial charge is 0.111 e. The second-order valence-corrected chi connectivity index (χ2v) is 4.11. The summed E-state index contributed by atoms with van der Waals surface area (Å²) >= 11 is 1.35. The molecule has 0 spiro atoms. The molecule has 1 heterocycles. The van der Waals surface area contributed by atoms with Crippen molar-refractivity contribution < 1.29 is 5.21 Å². The van der Waals surface area contributed by atoms with E-state index in [9.17, 15) is 5.21 Å². The van der Waals surface area contributed by atoms with Crippen molar-refractivity contribution in [2.75, 3.05) is 10.5 Å². The minimum Gasteiger partial charge on any atom is -0.733 e. The van der Waals surface area contributed by atoms with Crippen LogP contribution in [0.5, 0.6) is 0 Å². The van der Waals surface area contributed by atoms with E-state index in [1.807, 2.05) is 6.07 Å². The van der Waals surface area contributed by atoms with Crippen molar-refractivity contribution in [3.63, 3.8) is 0 Å². The van der Waals surface area contributed by atoms with Crippen molar-refractivity contribution in [2.24, 2.45) is 0 Å². The number of benzene rings is 1. The highest BCUT2D eigenvalue weighted by Crippen LogP contribution is 2.31. The van der Waals surface area contributed by atoms with Crippen molar-refractivity contribution >= 4 is 27.7 Å². The number of thiophene rings is 1. The quantitative estimate of drug-likeness (QED) is 0.813. The van der Waals surface area contributed by atoms with Crippen LogP contribution < -0.4 is 10.5 Å². The third-order valence-corrected chi connectivity index (χ3v) is 2.97. The zero-order valence-corrected chi connectivity index (χ0v) is 9.44. The molecule has 0 atom stereocenters. The van der Waals surface area contributed by atoms with Crippen molar-refractivity contribution in [3.8, 4) is 6.07 Å². The standard InChI is InChI=1S/C11H8N3O2S/c12-7-8-5-6-17-11(8)13-9-3-1-2-4-10(9)14(15)16/h1-6,13,15H/q-1. The number of nitrogens with one attached hydrogen (secondary N) is 1. The predicted molar refractivity (Wildman–Crippen MR) is 66.4 cm³/mol. The largest absolute Gasteiger partial charge is 0.733 e. The molecule has 0 unspecified atom stereocenters. The molecular weight excluding hydrogens is 238 g/mol. The normalized spacial score (nSPS) is 9.71. The molecule has 17 heavy (non-hydrogen) atoms. The Bertz CT molecular complexity index is 560. The van der Waals surface area contributed by atoms with Gasteiger partial charge in [-0.15, -0.1) is 11.3 Å². The second kappa shape index (κ2) is 4.84. The Hall–Kier alpha value is -2.07. The Morgan fingerprint density at radius 1 is 1.35 bits per heavy atom. The summed E-state index contributed by atoms with van der Waals surface area (Å²) in [5.41, 5.74) is 1.05. The molecule has 2 N–H and O–H groups in total. The first-order chi connectivity index (χ1) is 8.22. The molecule has 0 aliphatic rings. The number of hydrogen-bond donors (Lipinski definition) is 2. The molecule has 0 aliphatic heterocycles. The summed E-state index contributed by atoms with van der Waals surface area (Å²) in [5.74, 6) is 0. The predicted octanol–water partition coefficient (Wildman–Crippen LogP) is 3.06. The molecule has 0 amide bonds. The maximum atomic E-state index is 10.9. The first-order valence-electron chi connectivity index (χ1n) is 4.72. The lowest BCUT2D eigenvalue weighted by Crippen LogP contribution is -2.09. The van der Waals surface area contributed by atoms with Crippen molar-refractivity contribution in [2.45, 2.75) is 0 Å². The van der Waals surface area contributed by atoms with Crippen LogP contribution in [0.3, 0.4) is 0 Å². The van der Waals surface area contributed by atoms with Gasteiger partial charge in [-0.1, -0.05) is 12.1 Å². The van der Waals surface area contributed by atoms with Gasteiger partial charge in [-0.2, -0.15) is 5.26 Å². The number of hydrogen-bond acceptors (Lipinski definition) is 6. The van der Waals surface area contributed by atoms with Crippen LogP contribution in [-0.2, 0) is 0 Å². The van der Waals surface area contributed by atoms with E-state index in [0.717, 1.165) is 0 Å². The fourth-order valence-electron chi connectivity index (χ4n) is 1.36. The first-order valence-corrected chi connectivity index (χ1v) is 5.60. The van der Waals surface area contributed by atoms with E-state index in [1.165, 1.54) is 17.4 Å². The van der Waals surface area contributed by atoms with E-state index in [0.29, 0.717) is 16.3 Å². The molecule has 0 saturated heterocycles. The van der Waals surface area contributed by atoms with E-state index in [4.69, 9.17) is 10.5 Å². The molecule has 1 aromatic carbocycles. The van der Waals surface area contributed by atoms with E-state index < -0.39 is 0 Å². The summed E-state index contributed by atoms with van der Waals surface area (Å²) in [6.07, 6.45) is 0. The highest BCUT2D eigenvalue weighted by Gasteiger charge is 2.07. The van der Waals surface area contributed by atoms with Gasteiger partial charge in [0.1, 0.15) is 11.1 Å². The summed E-state index contributed by atoms with van der Waals surface area (Å²) in [7, 11) is 0. The van der Waals surface area contributed by atoms with Crippen LogP contribution in [0.4, 0.5) is 16.4 Å². The Balaban J connectivity index is 2.34. The molecule has 0 fully saturated rings. The van der Waals surface area contributed by atoms with Crippen molar-refractivity contribution in [1.82, 2.24) is 0 Å². The number of rotatable bonds is 3. The second-order valence-electron chi connectivity index (χ2n) is 3.19. The highest BCUT2D eigenvalue weighted by molar-refractivity contribution is 7.14. The SMILES string of the molecule is N#Cc1ccsc1Nc1ccccc1N([O-])O. The van der Waals surface area contributed by atoms with Crippen LogP contribution in [0.15, 0.2) is 35.7 Å². The topological polar surface area (TPSA) is 82.4 Å². The number of para-hydroxylation sites is 2.